The molecule has 0 aliphatic rings. The van der Waals surface area contributed by atoms with Crippen molar-refractivity contribution in [1.82, 2.24) is 0 Å². The molecule has 0 aliphatic carbocycles. The molecule has 7 nitrogen and oxygen atoms in total. The summed E-state index contributed by atoms with van der Waals surface area (Å²) in [6.07, 6.45) is 0.609. The number of carbonyl (C=O) groups excluding carboxylic acids is 1. The van der Waals surface area contributed by atoms with Crippen LogP contribution in [0, 0.1) is 17.0 Å². The first-order valence-corrected chi connectivity index (χ1v) is 8.84. The molecule has 1 aromatic rings. The highest BCUT2D eigenvalue weighted by atomic mass is 31.2. The van der Waals surface area contributed by atoms with Crippen molar-refractivity contribution in [3.63, 3.8) is 0 Å². The van der Waals surface area contributed by atoms with Crippen molar-refractivity contribution in [1.29, 1.82) is 0 Å². The monoisotopic (exact) mass is 342 g/mol. The van der Waals surface area contributed by atoms with Crippen molar-refractivity contribution < 1.29 is 18.8 Å². The normalized spacial score (nSPS) is 10.8. The molecule has 0 bridgehead atoms. The largest absolute Gasteiger partial charge is 0.379 e. The molecule has 128 valence electrons. The third-order valence-corrected chi connectivity index (χ3v) is 4.77. The SMILES string of the molecule is CCOP(CCNc1c(C)ccc(C(C)=O)c1[N+](=O)[O-])OCC. The van der Waals surface area contributed by atoms with Crippen LogP contribution in [-0.4, -0.2) is 36.6 Å². The van der Waals surface area contributed by atoms with E-state index in [1.807, 2.05) is 13.8 Å². The van der Waals surface area contributed by atoms with Gasteiger partial charge >= 0.3 is 5.69 Å². The van der Waals surface area contributed by atoms with Crippen LogP contribution in [0.5, 0.6) is 0 Å². The number of hydrogen-bond donors (Lipinski definition) is 1. The minimum absolute atomic E-state index is 0.111. The Bertz CT molecular complexity index is 559. The lowest BCUT2D eigenvalue weighted by atomic mass is 10.0. The van der Waals surface area contributed by atoms with Crippen LogP contribution in [0.4, 0.5) is 11.4 Å². The smallest absolute Gasteiger partial charge is 0.303 e. The summed E-state index contributed by atoms with van der Waals surface area (Å²) in [6.45, 7) is 8.47. The number of aryl methyl sites for hydroxylation is 1. The second kappa shape index (κ2) is 9.55. The van der Waals surface area contributed by atoms with E-state index in [2.05, 4.69) is 5.32 Å². The van der Waals surface area contributed by atoms with Crippen LogP contribution in [0.15, 0.2) is 12.1 Å². The first kappa shape index (κ1) is 19.5. The Morgan fingerprint density at radius 3 is 2.39 bits per heavy atom. The van der Waals surface area contributed by atoms with Gasteiger partial charge in [0, 0.05) is 12.7 Å². The zero-order chi connectivity index (χ0) is 17.4. The minimum Gasteiger partial charge on any atom is -0.379 e. The summed E-state index contributed by atoms with van der Waals surface area (Å²) < 4.78 is 11.0. The van der Waals surface area contributed by atoms with Gasteiger partial charge in [-0.2, -0.15) is 0 Å². The van der Waals surface area contributed by atoms with E-state index < -0.39 is 13.3 Å². The zero-order valence-corrected chi connectivity index (χ0v) is 14.8. The predicted molar refractivity (Wildman–Crippen MR) is 91.4 cm³/mol. The molecule has 1 rings (SSSR count). The Morgan fingerprint density at radius 1 is 1.30 bits per heavy atom. The number of anilines is 1. The highest BCUT2D eigenvalue weighted by Gasteiger charge is 2.24. The van der Waals surface area contributed by atoms with Gasteiger partial charge in [0.05, 0.1) is 23.7 Å². The van der Waals surface area contributed by atoms with Gasteiger partial charge in [0.2, 0.25) is 0 Å². The molecule has 0 atom stereocenters. The number of benzene rings is 1. The number of nitrogens with one attached hydrogen (secondary N) is 1. The molecular formula is C15H23N2O5P. The minimum atomic E-state index is -1.01. The van der Waals surface area contributed by atoms with Crippen LogP contribution in [0.1, 0.15) is 36.7 Å². The Balaban J connectivity index is 2.93. The number of rotatable bonds is 10. The number of nitro groups is 1. The number of ketones is 1. The van der Waals surface area contributed by atoms with E-state index in [4.69, 9.17) is 9.05 Å². The maximum atomic E-state index is 11.6. The molecule has 23 heavy (non-hydrogen) atoms. The van der Waals surface area contributed by atoms with Crippen LogP contribution in [-0.2, 0) is 9.05 Å². The Morgan fingerprint density at radius 2 is 1.91 bits per heavy atom. The molecule has 0 aliphatic heterocycles. The van der Waals surface area contributed by atoms with Crippen molar-refractivity contribution in [3.05, 3.63) is 33.4 Å². The lowest BCUT2D eigenvalue weighted by Crippen LogP contribution is -2.12. The van der Waals surface area contributed by atoms with Crippen molar-refractivity contribution >= 4 is 25.5 Å². The van der Waals surface area contributed by atoms with Crippen LogP contribution in [0.3, 0.4) is 0 Å². The summed E-state index contributed by atoms with van der Waals surface area (Å²) in [5.74, 6) is -0.328. The molecule has 0 saturated heterocycles. The Kier molecular flexibility index (Phi) is 8.09. The molecule has 1 aromatic carbocycles. The average Bonchev–Trinajstić information content (AvgIpc) is 2.48. The second-order valence-electron chi connectivity index (χ2n) is 4.79. The van der Waals surface area contributed by atoms with Gasteiger partial charge in [-0.3, -0.25) is 14.9 Å². The number of hydrogen-bond acceptors (Lipinski definition) is 6. The fourth-order valence-corrected chi connectivity index (χ4v) is 3.32. The van der Waals surface area contributed by atoms with Crippen molar-refractivity contribution in [3.8, 4) is 0 Å². The van der Waals surface area contributed by atoms with Gasteiger partial charge in [0.25, 0.3) is 0 Å². The van der Waals surface area contributed by atoms with E-state index >= 15 is 0 Å². The van der Waals surface area contributed by atoms with E-state index in [0.29, 0.717) is 31.6 Å². The highest BCUT2D eigenvalue weighted by molar-refractivity contribution is 7.47. The maximum Gasteiger partial charge on any atom is 0.303 e. The molecule has 0 aromatic heterocycles. The van der Waals surface area contributed by atoms with E-state index in [0.717, 1.165) is 5.56 Å². The van der Waals surface area contributed by atoms with E-state index in [1.165, 1.54) is 13.0 Å². The highest BCUT2D eigenvalue weighted by Crippen LogP contribution is 2.38. The Labute approximate surface area is 137 Å². The van der Waals surface area contributed by atoms with Crippen molar-refractivity contribution in [2.24, 2.45) is 0 Å². The summed E-state index contributed by atoms with van der Waals surface area (Å²) in [7, 11) is -1.01. The van der Waals surface area contributed by atoms with Gasteiger partial charge < -0.3 is 14.4 Å². The lowest BCUT2D eigenvalue weighted by Gasteiger charge is -2.17. The van der Waals surface area contributed by atoms with Crippen molar-refractivity contribution in [2.45, 2.75) is 27.7 Å². The fraction of sp³-hybridized carbons (Fsp3) is 0.533. The van der Waals surface area contributed by atoms with Gasteiger partial charge in [-0.25, -0.2) is 0 Å². The van der Waals surface area contributed by atoms with Gasteiger partial charge in [0.1, 0.15) is 5.69 Å². The van der Waals surface area contributed by atoms with E-state index in [9.17, 15) is 14.9 Å². The lowest BCUT2D eigenvalue weighted by molar-refractivity contribution is -0.384. The molecule has 0 saturated carbocycles. The van der Waals surface area contributed by atoms with Crippen LogP contribution in [0.25, 0.3) is 0 Å². The maximum absolute atomic E-state index is 11.6. The van der Waals surface area contributed by atoms with Gasteiger partial charge in [-0.1, -0.05) is 6.07 Å². The predicted octanol–water partition coefficient (Wildman–Crippen LogP) is 3.90. The number of Topliss-reactive ketones (excluding diaryl/α,β-unsaturated/α-hetero) is 1. The molecule has 0 amide bonds. The number of nitro benzene ring substituents is 1. The first-order chi connectivity index (χ1) is 10.9. The quantitative estimate of drug-likeness (QED) is 0.300. The standard InChI is InChI=1S/C15H23N2O5P/c1-5-21-23(22-6-2)10-9-16-14-11(3)7-8-13(12(4)18)15(14)17(19)20/h7-8,16H,5-6,9-10H2,1-4H3. The van der Waals surface area contributed by atoms with Crippen molar-refractivity contribution in [2.75, 3.05) is 31.2 Å². The summed E-state index contributed by atoms with van der Waals surface area (Å²) >= 11 is 0. The molecule has 0 radical (unpaired) electrons. The molecule has 8 heteroatoms. The molecule has 0 spiro atoms. The van der Waals surface area contributed by atoms with E-state index in [-0.39, 0.29) is 17.0 Å². The summed E-state index contributed by atoms with van der Waals surface area (Å²) in [5.41, 5.74) is 1.04. The van der Waals surface area contributed by atoms with Gasteiger partial charge in [-0.05, 0) is 39.3 Å². The third-order valence-electron chi connectivity index (χ3n) is 3.09. The fourth-order valence-electron chi connectivity index (χ4n) is 2.12. The molecular weight excluding hydrogens is 319 g/mol. The summed E-state index contributed by atoms with van der Waals surface area (Å²) in [5, 5.41) is 14.4. The number of carbonyl (C=O) groups is 1. The molecule has 1 N–H and O–H groups in total. The average molecular weight is 342 g/mol. The van der Waals surface area contributed by atoms with Gasteiger partial charge in [0.15, 0.2) is 14.2 Å². The zero-order valence-electron chi connectivity index (χ0n) is 13.9. The van der Waals surface area contributed by atoms with E-state index in [1.54, 1.807) is 13.0 Å². The molecule has 0 unspecified atom stereocenters. The number of nitrogens with zero attached hydrogens (tertiary/aromatic N) is 1. The van der Waals surface area contributed by atoms with Crippen LogP contribution in [0.2, 0.25) is 0 Å². The molecule has 0 heterocycles. The third kappa shape index (κ3) is 5.53. The van der Waals surface area contributed by atoms with Crippen LogP contribution < -0.4 is 5.32 Å². The topological polar surface area (TPSA) is 90.7 Å². The Hall–Kier alpha value is -1.56. The molecule has 0 fully saturated rings. The second-order valence-corrected chi connectivity index (χ2v) is 6.41. The first-order valence-electron chi connectivity index (χ1n) is 7.48. The van der Waals surface area contributed by atoms with Gasteiger partial charge in [-0.15, -0.1) is 0 Å². The van der Waals surface area contributed by atoms with Crippen LogP contribution >= 0.6 is 8.38 Å². The summed E-state index contributed by atoms with van der Waals surface area (Å²) in [6, 6.07) is 3.20. The summed E-state index contributed by atoms with van der Waals surface area (Å²) in [4.78, 5) is 22.5.